The summed E-state index contributed by atoms with van der Waals surface area (Å²) in [6, 6.07) is 17.0. The molecule has 0 saturated carbocycles. The highest BCUT2D eigenvalue weighted by molar-refractivity contribution is 5.98. The molecule has 2 fully saturated rings. The third-order valence-corrected chi connectivity index (χ3v) is 7.47. The number of rotatable bonds is 5. The van der Waals surface area contributed by atoms with Gasteiger partial charge in [0.15, 0.2) is 5.69 Å². The zero-order chi connectivity index (χ0) is 24.8. The maximum atomic E-state index is 12.5. The number of aromatic nitrogens is 2. The number of nitrogens with one attached hydrogen (secondary N) is 1. The second-order valence-corrected chi connectivity index (χ2v) is 9.69. The molecule has 4 heterocycles. The summed E-state index contributed by atoms with van der Waals surface area (Å²) in [5.74, 6) is 1.53. The summed E-state index contributed by atoms with van der Waals surface area (Å²) < 4.78 is 7.51. The van der Waals surface area contributed by atoms with Crippen molar-refractivity contribution in [3.8, 4) is 17.2 Å². The molecule has 3 aliphatic heterocycles. The Morgan fingerprint density at radius 2 is 1.64 bits per heavy atom. The van der Waals surface area contributed by atoms with Gasteiger partial charge < -0.3 is 25.8 Å². The Bertz CT molecular complexity index is 1280. The Kier molecular flexibility index (Phi) is 5.52. The summed E-state index contributed by atoms with van der Waals surface area (Å²) in [6.45, 7) is 3.51. The van der Waals surface area contributed by atoms with E-state index in [9.17, 15) is 14.7 Å². The van der Waals surface area contributed by atoms with Crippen LogP contribution in [0.25, 0.3) is 5.69 Å². The number of nitrogens with two attached hydrogens (primary N) is 1. The van der Waals surface area contributed by atoms with Gasteiger partial charge in [0.05, 0.1) is 17.4 Å². The van der Waals surface area contributed by atoms with Crippen LogP contribution in [-0.2, 0) is 0 Å². The number of fused-ring (bicyclic) bond motifs is 2. The number of amides is 2. The van der Waals surface area contributed by atoms with Gasteiger partial charge in [0.1, 0.15) is 17.2 Å². The number of carbonyl (C=O) groups excluding carboxylic acids is 1. The molecule has 0 spiro atoms. The largest absolute Gasteiger partial charge is 0.465 e. The molecule has 36 heavy (non-hydrogen) atoms. The van der Waals surface area contributed by atoms with Crippen LogP contribution in [0.3, 0.4) is 0 Å². The number of hydrogen-bond acceptors (Lipinski definition) is 6. The molecule has 2 saturated heterocycles. The SMILES string of the molecule is NC(=O)c1c2c(nn1-c1ccc(Oc3ccccc3)cc1)C(N1C[C@H]3CN(C(=O)O)C[C@H]3C1)CCN2. The summed E-state index contributed by atoms with van der Waals surface area (Å²) in [5, 5.41) is 17.6. The first kappa shape index (κ1) is 22.4. The average Bonchev–Trinajstić information content (AvgIpc) is 3.56. The normalized spacial score (nSPS) is 23.1. The minimum Gasteiger partial charge on any atom is -0.465 e. The molecular formula is C26H28N6O4. The molecule has 2 amide bonds. The van der Waals surface area contributed by atoms with Crippen molar-refractivity contribution in [1.82, 2.24) is 19.6 Å². The van der Waals surface area contributed by atoms with Crippen molar-refractivity contribution in [1.29, 1.82) is 0 Å². The van der Waals surface area contributed by atoms with E-state index in [4.69, 9.17) is 15.6 Å². The van der Waals surface area contributed by atoms with Crippen molar-refractivity contribution in [2.75, 3.05) is 38.0 Å². The van der Waals surface area contributed by atoms with Gasteiger partial charge in [-0.05, 0) is 54.7 Å². The van der Waals surface area contributed by atoms with Crippen LogP contribution in [0.4, 0.5) is 10.5 Å². The summed E-state index contributed by atoms with van der Waals surface area (Å²) in [6.07, 6.45) is 0.0128. The van der Waals surface area contributed by atoms with E-state index < -0.39 is 12.0 Å². The predicted molar refractivity (Wildman–Crippen MR) is 133 cm³/mol. The zero-order valence-corrected chi connectivity index (χ0v) is 19.7. The Hall–Kier alpha value is -4.05. The van der Waals surface area contributed by atoms with E-state index in [0.717, 1.165) is 36.6 Å². The van der Waals surface area contributed by atoms with E-state index in [1.165, 1.54) is 4.90 Å². The van der Waals surface area contributed by atoms with Crippen molar-refractivity contribution >= 4 is 17.7 Å². The first-order valence-corrected chi connectivity index (χ1v) is 12.2. The first-order valence-electron chi connectivity index (χ1n) is 12.2. The third kappa shape index (κ3) is 3.93. The number of carboxylic acid groups (broad SMARTS) is 1. The highest BCUT2D eigenvalue weighted by Crippen LogP contribution is 2.42. The summed E-state index contributed by atoms with van der Waals surface area (Å²) in [5.41, 5.74) is 8.39. The van der Waals surface area contributed by atoms with Crippen LogP contribution in [0.1, 0.15) is 28.6 Å². The number of carbonyl (C=O) groups is 2. The van der Waals surface area contributed by atoms with Crippen LogP contribution < -0.4 is 15.8 Å². The van der Waals surface area contributed by atoms with E-state index in [0.29, 0.717) is 48.6 Å². The maximum Gasteiger partial charge on any atom is 0.407 e. The lowest BCUT2D eigenvalue weighted by Gasteiger charge is -2.32. The van der Waals surface area contributed by atoms with Crippen LogP contribution in [0.2, 0.25) is 0 Å². The molecule has 1 aromatic heterocycles. The smallest absolute Gasteiger partial charge is 0.407 e. The van der Waals surface area contributed by atoms with Gasteiger partial charge in [0.25, 0.3) is 5.91 Å². The molecule has 186 valence electrons. The van der Waals surface area contributed by atoms with Crippen LogP contribution in [-0.4, -0.2) is 69.4 Å². The van der Waals surface area contributed by atoms with Crippen LogP contribution in [0.5, 0.6) is 11.5 Å². The minimum absolute atomic E-state index is 0.0464. The van der Waals surface area contributed by atoms with Crippen LogP contribution >= 0.6 is 0 Å². The van der Waals surface area contributed by atoms with E-state index in [2.05, 4.69) is 10.2 Å². The molecule has 3 aromatic rings. The van der Waals surface area contributed by atoms with E-state index in [1.54, 1.807) is 4.68 Å². The van der Waals surface area contributed by atoms with Gasteiger partial charge in [0, 0.05) is 32.7 Å². The number of para-hydroxylation sites is 1. The molecule has 6 rings (SSSR count). The van der Waals surface area contributed by atoms with Gasteiger partial charge in [0.2, 0.25) is 0 Å². The number of hydrogen-bond donors (Lipinski definition) is 3. The Morgan fingerprint density at radius 1 is 0.972 bits per heavy atom. The molecule has 10 nitrogen and oxygen atoms in total. The third-order valence-electron chi connectivity index (χ3n) is 7.47. The van der Waals surface area contributed by atoms with Crippen molar-refractivity contribution in [3.05, 3.63) is 66.0 Å². The number of benzene rings is 2. The Morgan fingerprint density at radius 3 is 2.28 bits per heavy atom. The van der Waals surface area contributed by atoms with Crippen LogP contribution in [0, 0.1) is 11.8 Å². The fourth-order valence-corrected chi connectivity index (χ4v) is 5.80. The summed E-state index contributed by atoms with van der Waals surface area (Å²) in [7, 11) is 0. The fourth-order valence-electron chi connectivity index (χ4n) is 5.80. The molecular weight excluding hydrogens is 460 g/mol. The van der Waals surface area contributed by atoms with Gasteiger partial charge in [-0.3, -0.25) is 9.69 Å². The lowest BCUT2D eigenvalue weighted by atomic mass is 10.0. The second-order valence-electron chi connectivity index (χ2n) is 9.69. The van der Waals surface area contributed by atoms with Gasteiger partial charge in [-0.1, -0.05) is 18.2 Å². The lowest BCUT2D eigenvalue weighted by Crippen LogP contribution is -2.36. The van der Waals surface area contributed by atoms with Crippen LogP contribution in [0.15, 0.2) is 54.6 Å². The fraction of sp³-hybridized carbons (Fsp3) is 0.346. The average molecular weight is 489 g/mol. The monoisotopic (exact) mass is 488 g/mol. The second kappa shape index (κ2) is 8.87. The van der Waals surface area contributed by atoms with Crippen molar-refractivity contribution in [2.24, 2.45) is 17.6 Å². The Balaban J connectivity index is 1.27. The van der Waals surface area contributed by atoms with Crippen molar-refractivity contribution in [2.45, 2.75) is 12.5 Å². The minimum atomic E-state index is -0.842. The molecule has 4 N–H and O–H groups in total. The molecule has 10 heteroatoms. The molecule has 3 atom stereocenters. The quantitative estimate of drug-likeness (QED) is 0.504. The molecule has 0 aliphatic carbocycles. The van der Waals surface area contributed by atoms with E-state index in [1.807, 2.05) is 54.6 Å². The van der Waals surface area contributed by atoms with Gasteiger partial charge in [-0.2, -0.15) is 5.10 Å². The summed E-state index contributed by atoms with van der Waals surface area (Å²) in [4.78, 5) is 27.8. The lowest BCUT2D eigenvalue weighted by molar-refractivity contribution is 0.0993. The van der Waals surface area contributed by atoms with Crippen molar-refractivity contribution < 1.29 is 19.4 Å². The molecule has 3 aliphatic rings. The standard InChI is InChI=1S/C26H28N6O4/c27-25(33)24-23-22(21(10-11-28-23)30-12-16-14-31(26(34)35)15-17(16)13-30)29-32(24)18-6-8-20(9-7-18)36-19-4-2-1-3-5-19/h1-9,16-17,21,28H,10-15H2,(H2,27,33)(H,34,35)/t16-,17+,21?. The number of primary amides is 1. The maximum absolute atomic E-state index is 12.5. The number of likely N-dealkylation sites (tertiary alicyclic amines) is 2. The van der Waals surface area contributed by atoms with Gasteiger partial charge >= 0.3 is 6.09 Å². The summed E-state index contributed by atoms with van der Waals surface area (Å²) >= 11 is 0. The predicted octanol–water partition coefficient (Wildman–Crippen LogP) is 3.16. The number of anilines is 1. The van der Waals surface area contributed by atoms with Gasteiger partial charge in [-0.15, -0.1) is 0 Å². The topological polar surface area (TPSA) is 126 Å². The van der Waals surface area contributed by atoms with Gasteiger partial charge in [-0.25, -0.2) is 9.48 Å². The molecule has 1 unspecified atom stereocenters. The first-order chi connectivity index (χ1) is 17.5. The highest BCUT2D eigenvalue weighted by Gasteiger charge is 2.45. The molecule has 0 radical (unpaired) electrons. The van der Waals surface area contributed by atoms with Crippen molar-refractivity contribution in [3.63, 3.8) is 0 Å². The zero-order valence-electron chi connectivity index (χ0n) is 19.7. The van der Waals surface area contributed by atoms with E-state index >= 15 is 0 Å². The van der Waals surface area contributed by atoms with E-state index in [-0.39, 0.29) is 6.04 Å². The number of ether oxygens (including phenoxy) is 1. The Labute approximate surface area is 208 Å². The number of nitrogens with zero attached hydrogens (tertiary/aromatic N) is 4. The molecule has 2 aromatic carbocycles. The highest BCUT2D eigenvalue weighted by atomic mass is 16.5. The molecule has 0 bridgehead atoms.